The Labute approximate surface area is 196 Å². The summed E-state index contributed by atoms with van der Waals surface area (Å²) in [5.74, 6) is 0.753. The molecule has 0 aliphatic rings. The minimum atomic E-state index is -0.307. The lowest BCUT2D eigenvalue weighted by atomic mass is 9.94. The highest BCUT2D eigenvalue weighted by atomic mass is 35.5. The van der Waals surface area contributed by atoms with Gasteiger partial charge in [-0.3, -0.25) is 0 Å². The molecule has 3 aromatic carbocycles. The van der Waals surface area contributed by atoms with E-state index in [1.54, 1.807) is 4.80 Å². The average Bonchev–Trinajstić information content (AvgIpc) is 3.38. The SMILES string of the molecule is C=C(c1ccc(OCc2ccc3ccccc3n2)cc1)C(c1ccc(Cl)cc1)n1ncnn1. The second-order valence-corrected chi connectivity index (χ2v) is 7.98. The molecular formula is C26H20ClN5O. The first-order chi connectivity index (χ1) is 16.2. The lowest BCUT2D eigenvalue weighted by molar-refractivity contribution is 0.302. The van der Waals surface area contributed by atoms with Gasteiger partial charge in [-0.15, -0.1) is 10.2 Å². The van der Waals surface area contributed by atoms with Crippen LogP contribution < -0.4 is 4.74 Å². The summed E-state index contributed by atoms with van der Waals surface area (Å²) < 4.78 is 5.96. The average molecular weight is 454 g/mol. The third-order valence-corrected chi connectivity index (χ3v) is 5.63. The van der Waals surface area contributed by atoms with Crippen LogP contribution in [0.15, 0.2) is 97.8 Å². The van der Waals surface area contributed by atoms with Gasteiger partial charge in [-0.25, -0.2) is 4.98 Å². The fourth-order valence-electron chi connectivity index (χ4n) is 3.68. The van der Waals surface area contributed by atoms with Gasteiger partial charge in [0.1, 0.15) is 18.4 Å². The normalized spacial score (nSPS) is 11.9. The Morgan fingerprint density at radius 3 is 2.48 bits per heavy atom. The molecule has 0 saturated carbocycles. The Morgan fingerprint density at radius 2 is 1.73 bits per heavy atom. The number of tetrazole rings is 1. The summed E-state index contributed by atoms with van der Waals surface area (Å²) in [5.41, 5.74) is 4.58. The summed E-state index contributed by atoms with van der Waals surface area (Å²) in [5, 5.41) is 14.0. The van der Waals surface area contributed by atoms with E-state index >= 15 is 0 Å². The number of aromatic nitrogens is 5. The van der Waals surface area contributed by atoms with Crippen LogP contribution in [-0.4, -0.2) is 25.2 Å². The first-order valence-corrected chi connectivity index (χ1v) is 10.8. The zero-order chi connectivity index (χ0) is 22.6. The number of allylic oxidation sites excluding steroid dienone is 1. The second-order valence-electron chi connectivity index (χ2n) is 7.54. The molecule has 0 N–H and O–H groups in total. The lowest BCUT2D eigenvalue weighted by Gasteiger charge is -2.19. The molecule has 33 heavy (non-hydrogen) atoms. The zero-order valence-electron chi connectivity index (χ0n) is 17.7. The molecule has 0 radical (unpaired) electrons. The Bertz CT molecular complexity index is 1380. The minimum Gasteiger partial charge on any atom is -0.487 e. The summed E-state index contributed by atoms with van der Waals surface area (Å²) in [6, 6.07) is 27.1. The van der Waals surface area contributed by atoms with Crippen LogP contribution in [0.4, 0.5) is 0 Å². The molecule has 0 spiro atoms. The number of para-hydroxylation sites is 1. The van der Waals surface area contributed by atoms with Gasteiger partial charge in [-0.2, -0.15) is 4.80 Å². The topological polar surface area (TPSA) is 65.7 Å². The molecule has 5 rings (SSSR count). The van der Waals surface area contributed by atoms with E-state index in [1.807, 2.05) is 78.9 Å². The van der Waals surface area contributed by atoms with Gasteiger partial charge in [0.05, 0.1) is 11.2 Å². The van der Waals surface area contributed by atoms with E-state index in [4.69, 9.17) is 16.3 Å². The van der Waals surface area contributed by atoms with Gasteiger partial charge in [0.25, 0.3) is 0 Å². The molecule has 0 saturated heterocycles. The van der Waals surface area contributed by atoms with E-state index in [9.17, 15) is 0 Å². The zero-order valence-corrected chi connectivity index (χ0v) is 18.4. The van der Waals surface area contributed by atoms with Crippen molar-refractivity contribution >= 4 is 28.1 Å². The van der Waals surface area contributed by atoms with Crippen LogP contribution in [0, 0.1) is 0 Å². The third kappa shape index (κ3) is 4.61. The number of pyridine rings is 1. The van der Waals surface area contributed by atoms with Crippen molar-refractivity contribution in [3.05, 3.63) is 120 Å². The molecule has 0 amide bonds. The molecular weight excluding hydrogens is 434 g/mol. The molecule has 2 heterocycles. The van der Waals surface area contributed by atoms with E-state index in [1.165, 1.54) is 6.33 Å². The number of hydrogen-bond donors (Lipinski definition) is 0. The van der Waals surface area contributed by atoms with E-state index in [-0.39, 0.29) is 6.04 Å². The van der Waals surface area contributed by atoms with Gasteiger partial charge < -0.3 is 4.74 Å². The number of benzene rings is 3. The number of halogens is 1. The van der Waals surface area contributed by atoms with Gasteiger partial charge in [-0.05, 0) is 58.3 Å². The highest BCUT2D eigenvalue weighted by Crippen LogP contribution is 2.32. The van der Waals surface area contributed by atoms with Crippen molar-refractivity contribution in [1.29, 1.82) is 0 Å². The smallest absolute Gasteiger partial charge is 0.162 e. The third-order valence-electron chi connectivity index (χ3n) is 5.38. The van der Waals surface area contributed by atoms with Crippen molar-refractivity contribution in [3.8, 4) is 5.75 Å². The maximum absolute atomic E-state index is 6.07. The Hall–Kier alpha value is -4.03. The fraction of sp³-hybridized carbons (Fsp3) is 0.0769. The van der Waals surface area contributed by atoms with Crippen molar-refractivity contribution in [3.63, 3.8) is 0 Å². The lowest BCUT2D eigenvalue weighted by Crippen LogP contribution is -2.15. The standard InChI is InChI=1S/C26H20ClN5O/c1-18(26(32-29-17-28-31-32)21-6-11-22(27)12-7-21)19-9-14-24(15-10-19)33-16-23-13-8-20-4-2-3-5-25(20)30-23/h2-15,17,26H,1,16H2. The predicted octanol–water partition coefficient (Wildman–Crippen LogP) is 5.76. The van der Waals surface area contributed by atoms with Crippen molar-refractivity contribution in [2.75, 3.05) is 0 Å². The molecule has 5 aromatic rings. The van der Waals surface area contributed by atoms with Gasteiger partial charge in [-0.1, -0.05) is 66.7 Å². The first-order valence-electron chi connectivity index (χ1n) is 10.4. The molecule has 0 aliphatic heterocycles. The molecule has 1 atom stereocenters. The van der Waals surface area contributed by atoms with Crippen LogP contribution >= 0.6 is 11.6 Å². The van der Waals surface area contributed by atoms with Gasteiger partial charge >= 0.3 is 0 Å². The van der Waals surface area contributed by atoms with Gasteiger partial charge in [0, 0.05) is 10.4 Å². The number of nitrogens with zero attached hydrogens (tertiary/aromatic N) is 5. The molecule has 0 fully saturated rings. The van der Waals surface area contributed by atoms with Crippen LogP contribution in [0.5, 0.6) is 5.75 Å². The molecule has 6 nitrogen and oxygen atoms in total. The van der Waals surface area contributed by atoms with Crippen LogP contribution in [-0.2, 0) is 6.61 Å². The summed E-state index contributed by atoms with van der Waals surface area (Å²) in [6.45, 7) is 4.71. The van der Waals surface area contributed by atoms with Crippen LogP contribution in [0.2, 0.25) is 5.02 Å². The van der Waals surface area contributed by atoms with Crippen molar-refractivity contribution in [1.82, 2.24) is 25.2 Å². The predicted molar refractivity (Wildman–Crippen MR) is 129 cm³/mol. The molecule has 7 heteroatoms. The van der Waals surface area contributed by atoms with E-state index in [2.05, 4.69) is 33.0 Å². The maximum atomic E-state index is 6.07. The minimum absolute atomic E-state index is 0.307. The van der Waals surface area contributed by atoms with E-state index in [0.29, 0.717) is 11.6 Å². The quantitative estimate of drug-likeness (QED) is 0.313. The highest BCUT2D eigenvalue weighted by Gasteiger charge is 2.21. The Kier molecular flexibility index (Phi) is 5.83. The number of fused-ring (bicyclic) bond motifs is 1. The second kappa shape index (κ2) is 9.22. The molecule has 162 valence electrons. The monoisotopic (exact) mass is 453 g/mol. The molecule has 0 bridgehead atoms. The van der Waals surface area contributed by atoms with E-state index < -0.39 is 0 Å². The van der Waals surface area contributed by atoms with Crippen LogP contribution in [0.25, 0.3) is 16.5 Å². The molecule has 2 aromatic heterocycles. The Morgan fingerprint density at radius 1 is 0.939 bits per heavy atom. The number of hydrogen-bond acceptors (Lipinski definition) is 5. The largest absolute Gasteiger partial charge is 0.487 e. The summed E-state index contributed by atoms with van der Waals surface area (Å²) in [7, 11) is 0. The van der Waals surface area contributed by atoms with Crippen molar-refractivity contribution < 1.29 is 4.74 Å². The summed E-state index contributed by atoms with van der Waals surface area (Å²) >= 11 is 6.07. The fourth-order valence-corrected chi connectivity index (χ4v) is 3.81. The summed E-state index contributed by atoms with van der Waals surface area (Å²) in [6.07, 6.45) is 1.41. The highest BCUT2D eigenvalue weighted by molar-refractivity contribution is 6.30. The molecule has 1 unspecified atom stereocenters. The molecule has 0 aliphatic carbocycles. The van der Waals surface area contributed by atoms with Crippen molar-refractivity contribution in [2.24, 2.45) is 0 Å². The van der Waals surface area contributed by atoms with Crippen molar-refractivity contribution in [2.45, 2.75) is 12.6 Å². The van der Waals surface area contributed by atoms with Crippen LogP contribution in [0.3, 0.4) is 0 Å². The number of ether oxygens (including phenoxy) is 1. The van der Waals surface area contributed by atoms with Gasteiger partial charge in [0.15, 0.2) is 6.33 Å². The van der Waals surface area contributed by atoms with Crippen LogP contribution in [0.1, 0.15) is 22.9 Å². The van der Waals surface area contributed by atoms with E-state index in [0.717, 1.165) is 39.0 Å². The van der Waals surface area contributed by atoms with Gasteiger partial charge in [0.2, 0.25) is 0 Å². The number of rotatable bonds is 7. The first kappa shape index (κ1) is 20.8. The maximum Gasteiger partial charge on any atom is 0.162 e. The summed E-state index contributed by atoms with van der Waals surface area (Å²) in [4.78, 5) is 6.20. The Balaban J connectivity index is 1.33.